The van der Waals surface area contributed by atoms with Crippen molar-refractivity contribution >= 4 is 17.8 Å². The zero-order valence-corrected chi connectivity index (χ0v) is 14.5. The van der Waals surface area contributed by atoms with Crippen molar-refractivity contribution in [2.24, 2.45) is 5.10 Å². The summed E-state index contributed by atoms with van der Waals surface area (Å²) in [7, 11) is 1.59. The Morgan fingerprint density at radius 3 is 2.50 bits per heavy atom. The molecule has 0 atom stereocenters. The Morgan fingerprint density at radius 2 is 1.83 bits per heavy atom. The number of aryl methyl sites for hydroxylation is 3. The molecule has 0 spiro atoms. The van der Waals surface area contributed by atoms with Crippen LogP contribution in [0.3, 0.4) is 0 Å². The van der Waals surface area contributed by atoms with E-state index in [1.165, 1.54) is 5.56 Å². The van der Waals surface area contributed by atoms with Crippen LogP contribution in [0.15, 0.2) is 41.5 Å². The summed E-state index contributed by atoms with van der Waals surface area (Å²) < 4.78 is 5.23. The SMILES string of the molecule is COc1ccccc1NCC(=O)N/N=C/c1c(C)cc(C)cc1C. The third kappa shape index (κ3) is 4.59. The molecule has 0 saturated heterocycles. The maximum Gasteiger partial charge on any atom is 0.259 e. The Hall–Kier alpha value is -2.82. The molecule has 2 aromatic rings. The molecule has 126 valence electrons. The molecule has 2 rings (SSSR count). The first-order valence-corrected chi connectivity index (χ1v) is 7.78. The molecule has 0 heterocycles. The molecule has 0 aliphatic heterocycles. The summed E-state index contributed by atoms with van der Waals surface area (Å²) in [6, 6.07) is 11.6. The van der Waals surface area contributed by atoms with E-state index < -0.39 is 0 Å². The van der Waals surface area contributed by atoms with E-state index in [1.54, 1.807) is 13.3 Å². The highest BCUT2D eigenvalue weighted by Crippen LogP contribution is 2.22. The predicted molar refractivity (Wildman–Crippen MR) is 97.9 cm³/mol. The molecule has 2 aromatic carbocycles. The van der Waals surface area contributed by atoms with E-state index in [-0.39, 0.29) is 12.5 Å². The number of carbonyl (C=O) groups excluding carboxylic acids is 1. The minimum atomic E-state index is -0.223. The van der Waals surface area contributed by atoms with Crippen molar-refractivity contribution in [1.82, 2.24) is 5.43 Å². The van der Waals surface area contributed by atoms with Crippen LogP contribution in [0.2, 0.25) is 0 Å². The number of nitrogens with one attached hydrogen (secondary N) is 2. The number of hydrogen-bond acceptors (Lipinski definition) is 4. The van der Waals surface area contributed by atoms with Gasteiger partial charge in [0, 0.05) is 5.56 Å². The zero-order chi connectivity index (χ0) is 17.5. The van der Waals surface area contributed by atoms with Crippen molar-refractivity contribution in [3.8, 4) is 5.75 Å². The molecule has 5 heteroatoms. The highest BCUT2D eigenvalue weighted by Gasteiger charge is 2.04. The molecular formula is C19H23N3O2. The van der Waals surface area contributed by atoms with Gasteiger partial charge in [-0.3, -0.25) is 4.79 Å². The van der Waals surface area contributed by atoms with Gasteiger partial charge < -0.3 is 10.1 Å². The summed E-state index contributed by atoms with van der Waals surface area (Å²) in [5.74, 6) is 0.472. The number of rotatable bonds is 6. The van der Waals surface area contributed by atoms with Gasteiger partial charge in [-0.2, -0.15) is 5.10 Å². The van der Waals surface area contributed by atoms with Gasteiger partial charge in [0.05, 0.1) is 25.6 Å². The lowest BCUT2D eigenvalue weighted by Gasteiger charge is -2.10. The van der Waals surface area contributed by atoms with Crippen molar-refractivity contribution in [2.45, 2.75) is 20.8 Å². The lowest BCUT2D eigenvalue weighted by Crippen LogP contribution is -2.26. The lowest BCUT2D eigenvalue weighted by molar-refractivity contribution is -0.119. The standard InChI is InChI=1S/C19H23N3O2/c1-13-9-14(2)16(15(3)10-13)11-21-22-19(23)12-20-17-7-5-6-8-18(17)24-4/h5-11,20H,12H2,1-4H3,(H,22,23)/b21-11+. The molecule has 24 heavy (non-hydrogen) atoms. The molecule has 5 nitrogen and oxygen atoms in total. The maximum atomic E-state index is 11.9. The van der Waals surface area contributed by atoms with Crippen molar-refractivity contribution < 1.29 is 9.53 Å². The van der Waals surface area contributed by atoms with E-state index in [0.29, 0.717) is 5.75 Å². The Bertz CT molecular complexity index is 731. The number of ether oxygens (including phenoxy) is 1. The number of methoxy groups -OCH3 is 1. The quantitative estimate of drug-likeness (QED) is 0.633. The number of nitrogens with zero attached hydrogens (tertiary/aromatic N) is 1. The monoisotopic (exact) mass is 325 g/mol. The normalized spacial score (nSPS) is 10.7. The van der Waals surface area contributed by atoms with Crippen LogP contribution in [0.25, 0.3) is 0 Å². The van der Waals surface area contributed by atoms with Gasteiger partial charge >= 0.3 is 0 Å². The van der Waals surface area contributed by atoms with Crippen LogP contribution in [-0.4, -0.2) is 25.8 Å². The molecule has 1 amide bonds. The number of para-hydroxylation sites is 2. The molecule has 0 aliphatic carbocycles. The summed E-state index contributed by atoms with van der Waals surface area (Å²) in [5, 5.41) is 7.08. The maximum absolute atomic E-state index is 11.9. The average Bonchev–Trinajstić information content (AvgIpc) is 2.55. The molecule has 0 saturated carbocycles. The largest absolute Gasteiger partial charge is 0.495 e. The molecule has 0 bridgehead atoms. The fourth-order valence-corrected chi connectivity index (χ4v) is 2.57. The number of hydrogen-bond donors (Lipinski definition) is 2. The van der Waals surface area contributed by atoms with E-state index in [9.17, 15) is 4.79 Å². The first-order valence-electron chi connectivity index (χ1n) is 7.78. The van der Waals surface area contributed by atoms with Crippen molar-refractivity contribution in [2.75, 3.05) is 19.0 Å². The average molecular weight is 325 g/mol. The third-order valence-corrected chi connectivity index (χ3v) is 3.67. The topological polar surface area (TPSA) is 62.7 Å². The molecular weight excluding hydrogens is 302 g/mol. The molecule has 0 unspecified atom stereocenters. The first-order chi connectivity index (χ1) is 11.5. The Morgan fingerprint density at radius 1 is 1.17 bits per heavy atom. The smallest absolute Gasteiger partial charge is 0.259 e. The second-order valence-corrected chi connectivity index (χ2v) is 5.66. The van der Waals surface area contributed by atoms with Crippen LogP contribution in [0.4, 0.5) is 5.69 Å². The van der Waals surface area contributed by atoms with E-state index in [0.717, 1.165) is 22.4 Å². The van der Waals surface area contributed by atoms with E-state index in [2.05, 4.69) is 34.9 Å². The number of carbonyl (C=O) groups is 1. The second kappa shape index (κ2) is 8.15. The zero-order valence-electron chi connectivity index (χ0n) is 14.5. The van der Waals surface area contributed by atoms with Gasteiger partial charge in [0.15, 0.2) is 0 Å². The fraction of sp³-hybridized carbons (Fsp3) is 0.263. The third-order valence-electron chi connectivity index (χ3n) is 3.67. The van der Waals surface area contributed by atoms with E-state index in [4.69, 9.17) is 4.74 Å². The highest BCUT2D eigenvalue weighted by molar-refractivity contribution is 5.86. The van der Waals surface area contributed by atoms with Crippen LogP contribution in [-0.2, 0) is 4.79 Å². The second-order valence-electron chi connectivity index (χ2n) is 5.66. The molecule has 2 N–H and O–H groups in total. The number of hydrazone groups is 1. The van der Waals surface area contributed by atoms with Crippen LogP contribution in [0.5, 0.6) is 5.75 Å². The van der Waals surface area contributed by atoms with Gasteiger partial charge in [-0.15, -0.1) is 0 Å². The molecule has 0 aromatic heterocycles. The van der Waals surface area contributed by atoms with Gasteiger partial charge in [-0.25, -0.2) is 5.43 Å². The van der Waals surface area contributed by atoms with Crippen LogP contribution >= 0.6 is 0 Å². The minimum absolute atomic E-state index is 0.115. The van der Waals surface area contributed by atoms with E-state index >= 15 is 0 Å². The number of anilines is 1. The number of benzene rings is 2. The van der Waals surface area contributed by atoms with Gasteiger partial charge in [-0.05, 0) is 44.0 Å². The van der Waals surface area contributed by atoms with Crippen molar-refractivity contribution in [1.29, 1.82) is 0 Å². The van der Waals surface area contributed by atoms with Gasteiger partial charge in [-0.1, -0.05) is 29.8 Å². The lowest BCUT2D eigenvalue weighted by atomic mass is 10.0. The highest BCUT2D eigenvalue weighted by atomic mass is 16.5. The molecule has 0 fully saturated rings. The van der Waals surface area contributed by atoms with Crippen molar-refractivity contribution in [3.05, 3.63) is 58.7 Å². The number of amides is 1. The summed E-state index contributed by atoms with van der Waals surface area (Å²) in [4.78, 5) is 11.9. The Kier molecular flexibility index (Phi) is 5.95. The Balaban J connectivity index is 1.92. The van der Waals surface area contributed by atoms with Crippen LogP contribution in [0.1, 0.15) is 22.3 Å². The molecule has 0 aliphatic rings. The summed E-state index contributed by atoms with van der Waals surface area (Å²) in [6.07, 6.45) is 1.69. The molecule has 0 radical (unpaired) electrons. The Labute approximate surface area is 142 Å². The summed E-state index contributed by atoms with van der Waals surface area (Å²) in [6.45, 7) is 6.24. The van der Waals surface area contributed by atoms with Crippen LogP contribution in [0, 0.1) is 20.8 Å². The van der Waals surface area contributed by atoms with Crippen LogP contribution < -0.4 is 15.5 Å². The predicted octanol–water partition coefficient (Wildman–Crippen LogP) is 3.18. The van der Waals surface area contributed by atoms with Crippen molar-refractivity contribution in [3.63, 3.8) is 0 Å². The summed E-state index contributed by atoms with van der Waals surface area (Å²) >= 11 is 0. The summed E-state index contributed by atoms with van der Waals surface area (Å²) in [5.41, 5.74) is 7.82. The van der Waals surface area contributed by atoms with E-state index in [1.807, 2.05) is 38.1 Å². The van der Waals surface area contributed by atoms with Gasteiger partial charge in [0.1, 0.15) is 5.75 Å². The fourth-order valence-electron chi connectivity index (χ4n) is 2.57. The first kappa shape index (κ1) is 17.5. The van der Waals surface area contributed by atoms with Gasteiger partial charge in [0.2, 0.25) is 0 Å². The van der Waals surface area contributed by atoms with Gasteiger partial charge in [0.25, 0.3) is 5.91 Å². The minimum Gasteiger partial charge on any atom is -0.495 e.